The molecule has 0 unspecified atom stereocenters. The Kier molecular flexibility index (Phi) is 7.50. The number of halogens is 3. The number of nitrogens with one attached hydrogen (secondary N) is 2. The van der Waals surface area contributed by atoms with Crippen LogP contribution < -0.4 is 10.6 Å². The van der Waals surface area contributed by atoms with E-state index in [9.17, 15) is 22.8 Å². The molecule has 35 heavy (non-hydrogen) atoms. The van der Waals surface area contributed by atoms with Gasteiger partial charge in [0.05, 0.1) is 24.1 Å². The van der Waals surface area contributed by atoms with Crippen molar-refractivity contribution >= 4 is 34.5 Å². The SMILES string of the molecule is O=C(CSc1cn(CCNC(=O)c2cccc(C(F)(F)F)c2)c2ccccc12)NCc1ccco1. The summed E-state index contributed by atoms with van der Waals surface area (Å²) < 4.78 is 45.9. The zero-order chi connectivity index (χ0) is 24.8. The van der Waals surface area contributed by atoms with E-state index in [1.54, 1.807) is 18.4 Å². The number of hydrogen-bond acceptors (Lipinski definition) is 4. The first-order chi connectivity index (χ1) is 16.8. The molecule has 6 nitrogen and oxygen atoms in total. The molecule has 0 radical (unpaired) electrons. The van der Waals surface area contributed by atoms with Crippen molar-refractivity contribution in [1.82, 2.24) is 15.2 Å². The molecule has 0 atom stereocenters. The van der Waals surface area contributed by atoms with Crippen LogP contribution in [0.1, 0.15) is 21.7 Å². The molecular weight excluding hydrogens is 479 g/mol. The first-order valence-corrected chi connectivity index (χ1v) is 11.7. The van der Waals surface area contributed by atoms with Gasteiger partial charge in [-0.1, -0.05) is 24.3 Å². The molecule has 2 amide bonds. The van der Waals surface area contributed by atoms with Gasteiger partial charge >= 0.3 is 6.18 Å². The molecule has 0 bridgehead atoms. The highest BCUT2D eigenvalue weighted by atomic mass is 32.2. The van der Waals surface area contributed by atoms with Crippen LogP contribution in [0, 0.1) is 0 Å². The van der Waals surface area contributed by atoms with Crippen LogP contribution >= 0.6 is 11.8 Å². The normalized spacial score (nSPS) is 11.5. The summed E-state index contributed by atoms with van der Waals surface area (Å²) in [5.74, 6) is 0.195. The number of carbonyl (C=O) groups excluding carboxylic acids is 2. The lowest BCUT2D eigenvalue weighted by atomic mass is 10.1. The molecule has 10 heteroatoms. The Hall–Kier alpha value is -3.66. The van der Waals surface area contributed by atoms with Crippen LogP contribution in [-0.2, 0) is 24.1 Å². The van der Waals surface area contributed by atoms with Gasteiger partial charge < -0.3 is 19.6 Å². The van der Waals surface area contributed by atoms with Crippen molar-refractivity contribution in [3.63, 3.8) is 0 Å². The fourth-order valence-electron chi connectivity index (χ4n) is 3.53. The van der Waals surface area contributed by atoms with Gasteiger partial charge in [0.15, 0.2) is 0 Å². The average molecular weight is 502 g/mol. The smallest absolute Gasteiger partial charge is 0.416 e. The lowest BCUT2D eigenvalue weighted by Crippen LogP contribution is -2.27. The van der Waals surface area contributed by atoms with Gasteiger partial charge in [-0.25, -0.2) is 0 Å². The predicted octanol–water partition coefficient (Wildman–Crippen LogP) is 5.09. The van der Waals surface area contributed by atoms with E-state index in [1.807, 2.05) is 35.0 Å². The fourth-order valence-corrected chi connectivity index (χ4v) is 4.45. The summed E-state index contributed by atoms with van der Waals surface area (Å²) in [5, 5.41) is 6.45. The van der Waals surface area contributed by atoms with Gasteiger partial charge in [0.2, 0.25) is 5.91 Å². The molecule has 182 valence electrons. The summed E-state index contributed by atoms with van der Waals surface area (Å²) in [6, 6.07) is 15.6. The Morgan fingerprint density at radius 3 is 2.60 bits per heavy atom. The van der Waals surface area contributed by atoms with Crippen molar-refractivity contribution in [3.8, 4) is 0 Å². The van der Waals surface area contributed by atoms with E-state index in [-0.39, 0.29) is 23.8 Å². The number of fused-ring (bicyclic) bond motifs is 1. The minimum absolute atomic E-state index is 0.0472. The summed E-state index contributed by atoms with van der Waals surface area (Å²) in [5.41, 5.74) is 0.0183. The standard InChI is InChI=1S/C25H22F3N3O3S/c26-25(27,28)18-6-3-5-17(13-18)24(33)29-10-11-31-15-22(20-8-1-2-9-21(20)31)35-16-23(32)30-14-19-7-4-12-34-19/h1-9,12-13,15H,10-11,14,16H2,(H,29,33)(H,30,32). The second kappa shape index (κ2) is 10.7. The van der Waals surface area contributed by atoms with Gasteiger partial charge in [-0.2, -0.15) is 13.2 Å². The Bertz CT molecular complexity index is 1320. The number of nitrogens with zero attached hydrogens (tertiary/aromatic N) is 1. The van der Waals surface area contributed by atoms with E-state index < -0.39 is 17.6 Å². The number of hydrogen-bond donors (Lipinski definition) is 2. The van der Waals surface area contributed by atoms with E-state index in [4.69, 9.17) is 4.42 Å². The third-order valence-corrected chi connectivity index (χ3v) is 6.28. The summed E-state index contributed by atoms with van der Waals surface area (Å²) in [6.45, 7) is 0.956. The van der Waals surface area contributed by atoms with Gasteiger partial charge in [-0.05, 0) is 36.4 Å². The van der Waals surface area contributed by atoms with Crippen molar-refractivity contribution in [2.24, 2.45) is 0 Å². The first kappa shape index (κ1) is 24.5. The molecule has 4 aromatic rings. The lowest BCUT2D eigenvalue weighted by Gasteiger charge is -2.10. The zero-order valence-corrected chi connectivity index (χ0v) is 19.3. The minimum atomic E-state index is -4.51. The van der Waals surface area contributed by atoms with E-state index in [0.29, 0.717) is 18.8 Å². The van der Waals surface area contributed by atoms with Crippen molar-refractivity contribution in [1.29, 1.82) is 0 Å². The van der Waals surface area contributed by atoms with Crippen LogP contribution in [0.3, 0.4) is 0 Å². The Balaban J connectivity index is 1.36. The highest BCUT2D eigenvalue weighted by Gasteiger charge is 2.30. The average Bonchev–Trinajstić information content (AvgIpc) is 3.49. The van der Waals surface area contributed by atoms with Crippen LogP contribution in [0.15, 0.2) is 82.4 Å². The minimum Gasteiger partial charge on any atom is -0.467 e. The van der Waals surface area contributed by atoms with Crippen LogP contribution in [0.5, 0.6) is 0 Å². The number of alkyl halides is 3. The van der Waals surface area contributed by atoms with Crippen LogP contribution in [0.2, 0.25) is 0 Å². The first-order valence-electron chi connectivity index (χ1n) is 10.8. The maximum atomic E-state index is 12.9. The van der Waals surface area contributed by atoms with Crippen LogP contribution in [0.4, 0.5) is 13.2 Å². The Morgan fingerprint density at radius 2 is 1.83 bits per heavy atom. The molecular formula is C25H22F3N3O3S. The van der Waals surface area contributed by atoms with E-state index >= 15 is 0 Å². The maximum Gasteiger partial charge on any atom is 0.416 e. The van der Waals surface area contributed by atoms with E-state index in [0.717, 1.165) is 27.9 Å². The second-order valence-corrected chi connectivity index (χ2v) is 8.70. The largest absolute Gasteiger partial charge is 0.467 e. The van der Waals surface area contributed by atoms with Gasteiger partial charge in [0.1, 0.15) is 5.76 Å². The van der Waals surface area contributed by atoms with Gasteiger partial charge in [-0.3, -0.25) is 9.59 Å². The number of rotatable bonds is 9. The molecule has 2 aromatic heterocycles. The van der Waals surface area contributed by atoms with Gasteiger partial charge in [0.25, 0.3) is 5.91 Å². The molecule has 0 fully saturated rings. The number of aromatic nitrogens is 1. The number of thioether (sulfide) groups is 1. The van der Waals surface area contributed by atoms with Crippen molar-refractivity contribution in [2.45, 2.75) is 24.2 Å². The maximum absolute atomic E-state index is 12.9. The molecule has 0 aliphatic heterocycles. The number of furan rings is 1. The van der Waals surface area contributed by atoms with Crippen LogP contribution in [-0.4, -0.2) is 28.7 Å². The molecule has 2 aromatic carbocycles. The zero-order valence-electron chi connectivity index (χ0n) is 18.5. The highest BCUT2D eigenvalue weighted by molar-refractivity contribution is 8.00. The van der Waals surface area contributed by atoms with Gasteiger partial charge in [0, 0.05) is 40.6 Å². The molecule has 4 rings (SSSR count). The molecule has 0 saturated heterocycles. The highest BCUT2D eigenvalue weighted by Crippen LogP contribution is 2.30. The van der Waals surface area contributed by atoms with Gasteiger partial charge in [-0.15, -0.1) is 11.8 Å². The quantitative estimate of drug-likeness (QED) is 0.313. The van der Waals surface area contributed by atoms with Crippen molar-refractivity contribution in [3.05, 3.63) is 90.0 Å². The number of para-hydroxylation sites is 1. The third kappa shape index (κ3) is 6.27. The number of amides is 2. The second-order valence-electron chi connectivity index (χ2n) is 7.68. The summed E-state index contributed by atoms with van der Waals surface area (Å²) in [7, 11) is 0. The summed E-state index contributed by atoms with van der Waals surface area (Å²) >= 11 is 1.40. The van der Waals surface area contributed by atoms with E-state index in [2.05, 4.69) is 10.6 Å². The molecule has 2 heterocycles. The van der Waals surface area contributed by atoms with Crippen molar-refractivity contribution < 1.29 is 27.2 Å². The molecule has 0 aliphatic rings. The molecule has 2 N–H and O–H groups in total. The molecule has 0 saturated carbocycles. The Morgan fingerprint density at radius 1 is 1.00 bits per heavy atom. The lowest BCUT2D eigenvalue weighted by molar-refractivity contribution is -0.137. The third-order valence-electron chi connectivity index (χ3n) is 5.24. The van der Waals surface area contributed by atoms with Crippen LogP contribution in [0.25, 0.3) is 10.9 Å². The molecule has 0 aliphatic carbocycles. The predicted molar refractivity (Wildman–Crippen MR) is 127 cm³/mol. The summed E-state index contributed by atoms with van der Waals surface area (Å²) in [6.07, 6.45) is -1.05. The topological polar surface area (TPSA) is 76.3 Å². The summed E-state index contributed by atoms with van der Waals surface area (Å²) in [4.78, 5) is 25.5. The monoisotopic (exact) mass is 501 g/mol. The Labute approximate surface area is 203 Å². The molecule has 0 spiro atoms. The van der Waals surface area contributed by atoms with Crippen molar-refractivity contribution in [2.75, 3.05) is 12.3 Å². The fraction of sp³-hybridized carbons (Fsp3) is 0.200. The number of carbonyl (C=O) groups is 2. The van der Waals surface area contributed by atoms with E-state index in [1.165, 1.54) is 23.9 Å². The number of benzene rings is 2.